The molecular weight excluding hydrogens is 300 g/mol. The van der Waals surface area contributed by atoms with Crippen LogP contribution in [0.1, 0.15) is 30.7 Å². The van der Waals surface area contributed by atoms with Gasteiger partial charge in [-0.1, -0.05) is 38.1 Å². The zero-order valence-corrected chi connectivity index (χ0v) is 12.8. The van der Waals surface area contributed by atoms with Gasteiger partial charge >= 0.3 is 0 Å². The second-order valence-corrected chi connectivity index (χ2v) is 5.09. The van der Waals surface area contributed by atoms with Gasteiger partial charge in [-0.2, -0.15) is 0 Å². The van der Waals surface area contributed by atoms with Gasteiger partial charge in [0.1, 0.15) is 4.60 Å². The maximum Gasteiger partial charge on any atom is 0.106 e. The molecule has 0 amide bonds. The quantitative estimate of drug-likeness (QED) is 0.592. The van der Waals surface area contributed by atoms with Gasteiger partial charge in [0.25, 0.3) is 0 Å². The Balaban J connectivity index is 2.37. The van der Waals surface area contributed by atoms with Gasteiger partial charge in [-0.15, -0.1) is 0 Å². The van der Waals surface area contributed by atoms with Crippen molar-refractivity contribution >= 4 is 27.8 Å². The average molecular weight is 317 g/mol. The number of hydrogen-bond acceptors (Lipinski definition) is 2. The molecule has 1 aromatic heterocycles. The molecule has 0 aliphatic carbocycles. The van der Waals surface area contributed by atoms with Gasteiger partial charge in [0.15, 0.2) is 0 Å². The summed E-state index contributed by atoms with van der Waals surface area (Å²) in [6.45, 7) is 4.32. The van der Waals surface area contributed by atoms with Crippen LogP contribution in [0.25, 0.3) is 0 Å². The number of para-hydroxylation sites is 1. The molecule has 0 N–H and O–H groups in total. The Morgan fingerprint density at radius 3 is 2.26 bits per heavy atom. The third kappa shape index (κ3) is 3.51. The predicted octanol–water partition coefficient (Wildman–Crippen LogP) is 4.72. The fourth-order valence-electron chi connectivity index (χ4n) is 2.01. The minimum absolute atomic E-state index is 0.830. The van der Waals surface area contributed by atoms with Crippen LogP contribution in [0.5, 0.6) is 0 Å². The van der Waals surface area contributed by atoms with Crippen molar-refractivity contribution in [2.24, 2.45) is 4.99 Å². The van der Waals surface area contributed by atoms with E-state index in [0.717, 1.165) is 28.8 Å². The van der Waals surface area contributed by atoms with Crippen molar-refractivity contribution in [1.82, 2.24) is 4.98 Å². The summed E-state index contributed by atoms with van der Waals surface area (Å²) in [4.78, 5) is 9.02. The highest BCUT2D eigenvalue weighted by atomic mass is 79.9. The molecule has 0 aliphatic rings. The van der Waals surface area contributed by atoms with Gasteiger partial charge in [-0.05, 0) is 52.0 Å². The van der Waals surface area contributed by atoms with E-state index in [9.17, 15) is 0 Å². The molecular formula is C16H17BrN2. The van der Waals surface area contributed by atoms with Crippen molar-refractivity contribution < 1.29 is 0 Å². The molecule has 0 atom stereocenters. The van der Waals surface area contributed by atoms with E-state index in [1.165, 1.54) is 11.1 Å². The van der Waals surface area contributed by atoms with E-state index < -0.39 is 0 Å². The molecule has 0 fully saturated rings. The zero-order valence-electron chi connectivity index (χ0n) is 11.2. The van der Waals surface area contributed by atoms with Gasteiger partial charge in [-0.3, -0.25) is 4.99 Å². The molecule has 1 aromatic carbocycles. The molecule has 98 valence electrons. The van der Waals surface area contributed by atoms with Crippen LogP contribution < -0.4 is 0 Å². The lowest BCUT2D eigenvalue weighted by atomic mass is 10.0. The number of nitrogens with zero attached hydrogens (tertiary/aromatic N) is 2. The van der Waals surface area contributed by atoms with Gasteiger partial charge in [0.05, 0.1) is 17.6 Å². The van der Waals surface area contributed by atoms with E-state index in [4.69, 9.17) is 0 Å². The van der Waals surface area contributed by atoms with Crippen molar-refractivity contribution in [2.75, 3.05) is 0 Å². The van der Waals surface area contributed by atoms with Crippen LogP contribution in [-0.4, -0.2) is 11.2 Å². The van der Waals surface area contributed by atoms with E-state index in [0.29, 0.717) is 0 Å². The highest BCUT2D eigenvalue weighted by Crippen LogP contribution is 2.25. The molecule has 1 heterocycles. The third-order valence-corrected chi connectivity index (χ3v) is 3.47. The fourth-order valence-corrected chi connectivity index (χ4v) is 2.36. The number of hydrogen-bond donors (Lipinski definition) is 0. The monoisotopic (exact) mass is 316 g/mol. The zero-order chi connectivity index (χ0) is 13.7. The van der Waals surface area contributed by atoms with Crippen molar-refractivity contribution in [3.05, 3.63) is 57.8 Å². The normalized spacial score (nSPS) is 11.1. The maximum absolute atomic E-state index is 4.65. The van der Waals surface area contributed by atoms with Crippen LogP contribution in [0, 0.1) is 0 Å². The molecule has 2 aromatic rings. The third-order valence-electron chi connectivity index (χ3n) is 3.03. The van der Waals surface area contributed by atoms with Crippen molar-refractivity contribution in [1.29, 1.82) is 0 Å². The van der Waals surface area contributed by atoms with Gasteiger partial charge < -0.3 is 0 Å². The van der Waals surface area contributed by atoms with Crippen LogP contribution in [0.4, 0.5) is 5.69 Å². The average Bonchev–Trinajstić information content (AvgIpc) is 2.44. The first-order valence-electron chi connectivity index (χ1n) is 6.52. The van der Waals surface area contributed by atoms with Crippen LogP contribution >= 0.6 is 15.9 Å². The minimum Gasteiger partial charge on any atom is -0.254 e. The Morgan fingerprint density at radius 1 is 1.05 bits per heavy atom. The molecule has 0 saturated heterocycles. The lowest BCUT2D eigenvalue weighted by molar-refractivity contribution is 1.08. The lowest BCUT2D eigenvalue weighted by Gasteiger charge is -2.08. The standard InChI is InChI=1S/C16H17BrN2/c1-3-12-7-5-8-13(4-2)16(12)18-11-14-9-6-10-15(17)19-14/h5-11H,3-4H2,1-2H3. The van der Waals surface area contributed by atoms with Crippen LogP contribution in [0.2, 0.25) is 0 Å². The Kier molecular flexibility index (Phi) is 4.86. The summed E-state index contributed by atoms with van der Waals surface area (Å²) in [6, 6.07) is 12.2. The maximum atomic E-state index is 4.65. The van der Waals surface area contributed by atoms with Crippen LogP contribution in [0.15, 0.2) is 46.0 Å². The Morgan fingerprint density at radius 2 is 1.68 bits per heavy atom. The molecule has 0 unspecified atom stereocenters. The minimum atomic E-state index is 0.830. The second kappa shape index (κ2) is 6.62. The molecule has 0 aliphatic heterocycles. The second-order valence-electron chi connectivity index (χ2n) is 4.28. The summed E-state index contributed by atoms with van der Waals surface area (Å²) >= 11 is 3.37. The molecule has 2 rings (SSSR count). The number of pyridine rings is 1. The molecule has 0 bridgehead atoms. The van der Waals surface area contributed by atoms with Crippen molar-refractivity contribution in [3.63, 3.8) is 0 Å². The van der Waals surface area contributed by atoms with Gasteiger partial charge in [0, 0.05) is 0 Å². The number of rotatable bonds is 4. The predicted molar refractivity (Wildman–Crippen MR) is 84.4 cm³/mol. The smallest absolute Gasteiger partial charge is 0.106 e. The molecule has 0 radical (unpaired) electrons. The highest BCUT2D eigenvalue weighted by Gasteiger charge is 2.04. The first-order chi connectivity index (χ1) is 9.24. The molecule has 0 spiro atoms. The summed E-state index contributed by atoms with van der Waals surface area (Å²) in [5.74, 6) is 0. The summed E-state index contributed by atoms with van der Waals surface area (Å²) in [7, 11) is 0. The number of aromatic nitrogens is 1. The first-order valence-corrected chi connectivity index (χ1v) is 7.31. The fraction of sp³-hybridized carbons (Fsp3) is 0.250. The topological polar surface area (TPSA) is 25.2 Å². The van der Waals surface area contributed by atoms with E-state index >= 15 is 0 Å². The Bertz CT molecular complexity index is 569. The summed E-state index contributed by atoms with van der Waals surface area (Å²) < 4.78 is 0.830. The first kappa shape index (κ1) is 13.9. The largest absolute Gasteiger partial charge is 0.254 e. The Hall–Kier alpha value is -1.48. The van der Waals surface area contributed by atoms with Crippen LogP contribution in [-0.2, 0) is 12.8 Å². The lowest BCUT2D eigenvalue weighted by Crippen LogP contribution is -1.91. The highest BCUT2D eigenvalue weighted by molar-refractivity contribution is 9.10. The SMILES string of the molecule is CCc1cccc(CC)c1N=Cc1cccc(Br)n1. The summed E-state index contributed by atoms with van der Waals surface area (Å²) in [6.07, 6.45) is 3.82. The van der Waals surface area contributed by atoms with E-state index in [2.05, 4.69) is 58.0 Å². The van der Waals surface area contributed by atoms with E-state index in [1.807, 2.05) is 24.4 Å². The Labute approximate surface area is 122 Å². The molecule has 3 heteroatoms. The summed E-state index contributed by atoms with van der Waals surface area (Å²) in [5, 5.41) is 0. The summed E-state index contributed by atoms with van der Waals surface area (Å²) in [5.41, 5.74) is 4.52. The number of benzene rings is 1. The molecule has 2 nitrogen and oxygen atoms in total. The molecule has 19 heavy (non-hydrogen) atoms. The van der Waals surface area contributed by atoms with Crippen LogP contribution in [0.3, 0.4) is 0 Å². The van der Waals surface area contributed by atoms with E-state index in [-0.39, 0.29) is 0 Å². The number of aliphatic imine (C=N–C) groups is 1. The van der Waals surface area contributed by atoms with Crippen molar-refractivity contribution in [2.45, 2.75) is 26.7 Å². The van der Waals surface area contributed by atoms with E-state index in [1.54, 1.807) is 0 Å². The van der Waals surface area contributed by atoms with Crippen molar-refractivity contribution in [3.8, 4) is 0 Å². The number of aryl methyl sites for hydroxylation is 2. The number of halogens is 1. The van der Waals surface area contributed by atoms with Gasteiger partial charge in [0.2, 0.25) is 0 Å². The van der Waals surface area contributed by atoms with Gasteiger partial charge in [-0.25, -0.2) is 4.98 Å². The molecule has 0 saturated carbocycles.